The SMILES string of the molecule is CCN1CCNCC1.COCCN(C)C=O. The number of hydrogen-bond donors (Lipinski definition) is 1. The summed E-state index contributed by atoms with van der Waals surface area (Å²) in [6.45, 7) is 9.51. The summed E-state index contributed by atoms with van der Waals surface area (Å²) in [7, 11) is 3.32. The van der Waals surface area contributed by atoms with Crippen molar-refractivity contribution in [3.8, 4) is 0 Å². The van der Waals surface area contributed by atoms with Gasteiger partial charge in [-0.15, -0.1) is 0 Å². The van der Waals surface area contributed by atoms with Gasteiger partial charge >= 0.3 is 0 Å². The van der Waals surface area contributed by atoms with Crippen LogP contribution in [0.5, 0.6) is 0 Å². The number of likely N-dealkylation sites (N-methyl/N-ethyl adjacent to an activating group) is 2. The van der Waals surface area contributed by atoms with Crippen LogP contribution >= 0.6 is 0 Å². The van der Waals surface area contributed by atoms with Crippen LogP contribution in [0.3, 0.4) is 0 Å². The van der Waals surface area contributed by atoms with E-state index in [-0.39, 0.29) is 0 Å². The molecule has 1 N–H and O–H groups in total. The van der Waals surface area contributed by atoms with E-state index in [1.54, 1.807) is 14.2 Å². The molecule has 0 atom stereocenters. The molecule has 0 aliphatic carbocycles. The molecule has 1 aliphatic heterocycles. The summed E-state index contributed by atoms with van der Waals surface area (Å²) in [5, 5.41) is 3.31. The van der Waals surface area contributed by atoms with Gasteiger partial charge in [-0.3, -0.25) is 4.79 Å². The molecule has 5 heteroatoms. The van der Waals surface area contributed by atoms with Crippen molar-refractivity contribution in [2.45, 2.75) is 6.92 Å². The van der Waals surface area contributed by atoms with Crippen LogP contribution in [0.15, 0.2) is 0 Å². The number of methoxy groups -OCH3 is 1. The average molecular weight is 231 g/mol. The van der Waals surface area contributed by atoms with E-state index in [2.05, 4.69) is 17.1 Å². The van der Waals surface area contributed by atoms with Crippen molar-refractivity contribution >= 4 is 6.41 Å². The number of nitrogens with one attached hydrogen (secondary N) is 1. The molecule has 16 heavy (non-hydrogen) atoms. The lowest BCUT2D eigenvalue weighted by Crippen LogP contribution is -2.43. The van der Waals surface area contributed by atoms with Gasteiger partial charge in [-0.2, -0.15) is 0 Å². The van der Waals surface area contributed by atoms with Crippen LogP contribution in [0.2, 0.25) is 0 Å². The number of carbonyl (C=O) groups excluding carboxylic acids is 1. The highest BCUT2D eigenvalue weighted by Crippen LogP contribution is 1.88. The Bertz CT molecular complexity index is 161. The Morgan fingerprint density at radius 3 is 2.44 bits per heavy atom. The van der Waals surface area contributed by atoms with Crippen LogP contribution in [0.25, 0.3) is 0 Å². The lowest BCUT2D eigenvalue weighted by atomic mass is 10.4. The molecular formula is C11H25N3O2. The van der Waals surface area contributed by atoms with Crippen molar-refractivity contribution in [1.82, 2.24) is 15.1 Å². The summed E-state index contributed by atoms with van der Waals surface area (Å²) in [5.74, 6) is 0. The summed E-state index contributed by atoms with van der Waals surface area (Å²) in [6, 6.07) is 0. The standard InChI is InChI=1S/C6H14N2.C5H11NO2/c1-2-8-5-3-7-4-6-8;1-6(5-7)3-4-8-2/h7H,2-6H2,1H3;5H,3-4H2,1-2H3. The third kappa shape index (κ3) is 8.64. The van der Waals surface area contributed by atoms with Crippen LogP contribution in [-0.4, -0.2) is 76.2 Å². The Hall–Kier alpha value is -0.650. The van der Waals surface area contributed by atoms with Crippen molar-refractivity contribution in [2.75, 3.05) is 60.0 Å². The Morgan fingerprint density at radius 2 is 2.06 bits per heavy atom. The molecule has 0 aromatic carbocycles. The number of ether oxygens (including phenoxy) is 1. The number of nitrogens with zero attached hydrogens (tertiary/aromatic N) is 2. The van der Waals surface area contributed by atoms with Crippen LogP contribution in [-0.2, 0) is 9.53 Å². The first-order valence-corrected chi connectivity index (χ1v) is 5.82. The third-order valence-corrected chi connectivity index (χ3v) is 2.48. The van der Waals surface area contributed by atoms with E-state index in [1.807, 2.05) is 0 Å². The zero-order chi connectivity index (χ0) is 12.2. The first kappa shape index (κ1) is 15.3. The molecule has 0 spiro atoms. The van der Waals surface area contributed by atoms with E-state index in [4.69, 9.17) is 4.74 Å². The van der Waals surface area contributed by atoms with Gasteiger partial charge < -0.3 is 19.9 Å². The minimum Gasteiger partial charge on any atom is -0.383 e. The number of piperazine rings is 1. The second kappa shape index (κ2) is 10.9. The van der Waals surface area contributed by atoms with E-state index in [0.717, 1.165) is 6.41 Å². The topological polar surface area (TPSA) is 44.8 Å². The Morgan fingerprint density at radius 1 is 1.44 bits per heavy atom. The number of carbonyl (C=O) groups is 1. The zero-order valence-corrected chi connectivity index (χ0v) is 10.7. The molecule has 1 saturated heterocycles. The van der Waals surface area contributed by atoms with E-state index < -0.39 is 0 Å². The highest BCUT2D eigenvalue weighted by Gasteiger charge is 2.04. The first-order valence-electron chi connectivity index (χ1n) is 5.82. The van der Waals surface area contributed by atoms with Gasteiger partial charge in [0.25, 0.3) is 0 Å². The molecule has 0 aromatic rings. The maximum absolute atomic E-state index is 9.88. The highest BCUT2D eigenvalue weighted by atomic mass is 16.5. The average Bonchev–Trinajstić information content (AvgIpc) is 2.37. The largest absolute Gasteiger partial charge is 0.383 e. The Kier molecular flexibility index (Phi) is 10.4. The first-order chi connectivity index (χ1) is 7.74. The second-order valence-corrected chi connectivity index (χ2v) is 3.76. The predicted octanol–water partition coefficient (Wildman–Crippen LogP) is -0.367. The molecule has 5 nitrogen and oxygen atoms in total. The Labute approximate surface area is 98.7 Å². The van der Waals surface area contributed by atoms with Crippen molar-refractivity contribution in [1.29, 1.82) is 0 Å². The van der Waals surface area contributed by atoms with Crippen LogP contribution in [0, 0.1) is 0 Å². The fourth-order valence-corrected chi connectivity index (χ4v) is 1.32. The summed E-state index contributed by atoms with van der Waals surface area (Å²) >= 11 is 0. The molecule has 1 heterocycles. The molecule has 0 radical (unpaired) electrons. The minimum atomic E-state index is 0.606. The number of rotatable bonds is 5. The van der Waals surface area contributed by atoms with Gasteiger partial charge in [0.15, 0.2) is 0 Å². The fourth-order valence-electron chi connectivity index (χ4n) is 1.32. The maximum Gasteiger partial charge on any atom is 0.209 e. The number of amides is 1. The summed E-state index contributed by atoms with van der Waals surface area (Å²) in [4.78, 5) is 13.9. The van der Waals surface area contributed by atoms with E-state index in [0.29, 0.717) is 13.2 Å². The van der Waals surface area contributed by atoms with E-state index >= 15 is 0 Å². The van der Waals surface area contributed by atoms with Crippen LogP contribution < -0.4 is 5.32 Å². The van der Waals surface area contributed by atoms with Gasteiger partial charge in [-0.25, -0.2) is 0 Å². The zero-order valence-electron chi connectivity index (χ0n) is 10.7. The van der Waals surface area contributed by atoms with Gasteiger partial charge in [-0.1, -0.05) is 6.92 Å². The van der Waals surface area contributed by atoms with Crippen LogP contribution in [0.4, 0.5) is 0 Å². The van der Waals surface area contributed by atoms with Gasteiger partial charge in [0.05, 0.1) is 6.61 Å². The molecule has 1 aliphatic rings. The van der Waals surface area contributed by atoms with Crippen molar-refractivity contribution in [2.24, 2.45) is 0 Å². The minimum absolute atomic E-state index is 0.606. The molecule has 1 amide bonds. The monoisotopic (exact) mass is 231 g/mol. The second-order valence-electron chi connectivity index (χ2n) is 3.76. The maximum atomic E-state index is 9.88. The Balaban J connectivity index is 0.000000281. The normalized spacial score (nSPS) is 16.2. The summed E-state index contributed by atoms with van der Waals surface area (Å²) in [5.41, 5.74) is 0. The lowest BCUT2D eigenvalue weighted by molar-refractivity contribution is -0.117. The molecule has 1 fully saturated rings. The van der Waals surface area contributed by atoms with Gasteiger partial charge in [-0.05, 0) is 6.54 Å². The van der Waals surface area contributed by atoms with E-state index in [1.165, 1.54) is 37.6 Å². The smallest absolute Gasteiger partial charge is 0.209 e. The highest BCUT2D eigenvalue weighted by molar-refractivity contribution is 5.46. The van der Waals surface area contributed by atoms with Gasteiger partial charge in [0, 0.05) is 46.9 Å². The van der Waals surface area contributed by atoms with Gasteiger partial charge in [0.1, 0.15) is 0 Å². The summed E-state index contributed by atoms with van der Waals surface area (Å²) < 4.78 is 4.71. The quantitative estimate of drug-likeness (QED) is 0.656. The molecule has 0 aromatic heterocycles. The molecule has 96 valence electrons. The van der Waals surface area contributed by atoms with Crippen molar-refractivity contribution in [3.05, 3.63) is 0 Å². The van der Waals surface area contributed by atoms with Crippen molar-refractivity contribution < 1.29 is 9.53 Å². The predicted molar refractivity (Wildman–Crippen MR) is 65.6 cm³/mol. The lowest BCUT2D eigenvalue weighted by Gasteiger charge is -2.25. The third-order valence-electron chi connectivity index (χ3n) is 2.48. The molecule has 0 bridgehead atoms. The van der Waals surface area contributed by atoms with Crippen LogP contribution in [0.1, 0.15) is 6.92 Å². The van der Waals surface area contributed by atoms with Crippen molar-refractivity contribution in [3.63, 3.8) is 0 Å². The van der Waals surface area contributed by atoms with Gasteiger partial charge in [0.2, 0.25) is 6.41 Å². The fraction of sp³-hybridized carbons (Fsp3) is 0.909. The summed E-state index contributed by atoms with van der Waals surface area (Å²) in [6.07, 6.45) is 0.777. The molecule has 1 rings (SSSR count). The number of hydrogen-bond acceptors (Lipinski definition) is 4. The molecular weight excluding hydrogens is 206 g/mol. The molecule has 0 saturated carbocycles. The molecule has 0 unspecified atom stereocenters. The van der Waals surface area contributed by atoms with E-state index in [9.17, 15) is 4.79 Å².